The molecule has 4 aromatic carbocycles. The summed E-state index contributed by atoms with van der Waals surface area (Å²) < 4.78 is 38.7. The van der Waals surface area contributed by atoms with Crippen LogP contribution in [0.2, 0.25) is 0 Å². The molecule has 0 aliphatic heterocycles. The molecule has 0 aliphatic rings. The molecule has 0 radical (unpaired) electrons. The molecule has 6 heteroatoms. The van der Waals surface area contributed by atoms with Crippen LogP contribution in [-0.4, -0.2) is 39.6 Å². The third-order valence-corrected chi connectivity index (χ3v) is 9.12. The minimum atomic E-state index is 0.433. The Morgan fingerprint density at radius 1 is 0.367 bits per heavy atom. The monoisotopic (exact) mass is 674 g/mol. The maximum absolute atomic E-state index is 6.53. The quantitative estimate of drug-likeness (QED) is 0.0544. The highest BCUT2D eigenvalue weighted by Crippen LogP contribution is 2.47. The number of benzene rings is 4. The van der Waals surface area contributed by atoms with Crippen molar-refractivity contribution in [2.75, 3.05) is 39.6 Å². The Morgan fingerprint density at radius 2 is 0.592 bits per heavy atom. The SMILES string of the molecule is CCCCOc1cc2c3cc(OCCCC)c(OCCCC)cc3c3cc(OC[C@@H](C)CC)c(OCCCC)cc3c2cc1OCCCC. The van der Waals surface area contributed by atoms with Gasteiger partial charge in [0.1, 0.15) is 0 Å². The Balaban J connectivity index is 2.06. The maximum Gasteiger partial charge on any atom is 0.161 e. The second-order valence-corrected chi connectivity index (χ2v) is 13.4. The highest BCUT2D eigenvalue weighted by atomic mass is 16.5. The van der Waals surface area contributed by atoms with Crippen LogP contribution in [0, 0.1) is 5.92 Å². The average molecular weight is 675 g/mol. The first-order chi connectivity index (χ1) is 24.0. The summed E-state index contributed by atoms with van der Waals surface area (Å²) in [4.78, 5) is 0. The summed E-state index contributed by atoms with van der Waals surface area (Å²) in [5.74, 6) is 5.11. The van der Waals surface area contributed by atoms with Crippen molar-refractivity contribution in [3.8, 4) is 34.5 Å². The molecule has 270 valence electrons. The van der Waals surface area contributed by atoms with E-state index in [0.29, 0.717) is 45.6 Å². The van der Waals surface area contributed by atoms with Crippen molar-refractivity contribution in [2.24, 2.45) is 5.92 Å². The summed E-state index contributed by atoms with van der Waals surface area (Å²) in [6.07, 6.45) is 11.3. The normalized spacial score (nSPS) is 12.1. The van der Waals surface area contributed by atoms with E-state index in [9.17, 15) is 0 Å². The van der Waals surface area contributed by atoms with E-state index in [1.807, 2.05) is 0 Å². The molecular formula is C43H62O6. The molecule has 0 bridgehead atoms. The van der Waals surface area contributed by atoms with E-state index in [2.05, 4.69) is 84.9 Å². The summed E-state index contributed by atoms with van der Waals surface area (Å²) in [6, 6.07) is 13.0. The van der Waals surface area contributed by atoms with Gasteiger partial charge in [0, 0.05) is 0 Å². The van der Waals surface area contributed by atoms with Crippen molar-refractivity contribution in [3.05, 3.63) is 36.4 Å². The fraction of sp³-hybridized carbons (Fsp3) is 0.581. The third-order valence-electron chi connectivity index (χ3n) is 9.12. The molecular weight excluding hydrogens is 612 g/mol. The van der Waals surface area contributed by atoms with Crippen LogP contribution in [0.5, 0.6) is 34.5 Å². The van der Waals surface area contributed by atoms with Crippen LogP contribution in [-0.2, 0) is 0 Å². The second-order valence-electron chi connectivity index (χ2n) is 13.4. The van der Waals surface area contributed by atoms with Crippen LogP contribution >= 0.6 is 0 Å². The van der Waals surface area contributed by atoms with Gasteiger partial charge in [-0.15, -0.1) is 0 Å². The number of fused-ring (bicyclic) bond motifs is 6. The number of rotatable bonds is 24. The fourth-order valence-electron chi connectivity index (χ4n) is 5.68. The van der Waals surface area contributed by atoms with E-state index in [1.165, 1.54) is 0 Å². The molecule has 4 aromatic rings. The molecule has 6 nitrogen and oxygen atoms in total. The topological polar surface area (TPSA) is 55.4 Å². The Labute approximate surface area is 295 Å². The van der Waals surface area contributed by atoms with Gasteiger partial charge in [0.15, 0.2) is 34.5 Å². The van der Waals surface area contributed by atoms with Crippen LogP contribution < -0.4 is 28.4 Å². The van der Waals surface area contributed by atoms with Gasteiger partial charge in [-0.1, -0.05) is 87.0 Å². The standard InChI is InChI=1S/C43H62O6/c1-8-14-19-44-38-24-32-33-25-39(45-20-15-9-2)41(47-22-17-11-4)27-35(33)37-29-43(49-30-31(7)13-6)42(48-23-18-12-5)28-36(37)34(32)26-40(38)46-21-16-10-3/h24-29,31H,8-23,30H2,1-7H3/t31-/m0/s1. The first kappa shape index (κ1) is 38.3. The lowest BCUT2D eigenvalue weighted by atomic mass is 9.93. The van der Waals surface area contributed by atoms with Crippen LogP contribution in [0.3, 0.4) is 0 Å². The summed E-state index contributed by atoms with van der Waals surface area (Å²) in [5.41, 5.74) is 0. The van der Waals surface area contributed by atoms with Gasteiger partial charge in [-0.3, -0.25) is 0 Å². The minimum Gasteiger partial charge on any atom is -0.490 e. The van der Waals surface area contributed by atoms with E-state index in [0.717, 1.165) is 137 Å². The number of hydrogen-bond donors (Lipinski definition) is 0. The van der Waals surface area contributed by atoms with Crippen molar-refractivity contribution < 1.29 is 28.4 Å². The molecule has 0 amide bonds. The van der Waals surface area contributed by atoms with E-state index in [-0.39, 0.29) is 0 Å². The molecule has 4 rings (SSSR count). The molecule has 1 atom stereocenters. The second kappa shape index (κ2) is 20.2. The van der Waals surface area contributed by atoms with E-state index in [1.54, 1.807) is 0 Å². The highest BCUT2D eigenvalue weighted by Gasteiger charge is 2.20. The van der Waals surface area contributed by atoms with Gasteiger partial charge in [-0.05, 0) is 107 Å². The van der Waals surface area contributed by atoms with Gasteiger partial charge in [0.05, 0.1) is 39.6 Å². The van der Waals surface area contributed by atoms with Gasteiger partial charge in [0.2, 0.25) is 0 Å². The van der Waals surface area contributed by atoms with Gasteiger partial charge >= 0.3 is 0 Å². The van der Waals surface area contributed by atoms with Crippen molar-refractivity contribution in [2.45, 2.75) is 119 Å². The molecule has 0 unspecified atom stereocenters. The molecule has 0 heterocycles. The molecule has 0 fully saturated rings. The number of hydrogen-bond acceptors (Lipinski definition) is 6. The zero-order chi connectivity index (χ0) is 35.0. The van der Waals surface area contributed by atoms with Gasteiger partial charge < -0.3 is 28.4 Å². The Morgan fingerprint density at radius 3 is 0.796 bits per heavy atom. The predicted molar refractivity (Wildman–Crippen MR) is 206 cm³/mol. The van der Waals surface area contributed by atoms with Crippen LogP contribution in [0.1, 0.15) is 119 Å². The van der Waals surface area contributed by atoms with Crippen LogP contribution in [0.25, 0.3) is 32.3 Å². The smallest absolute Gasteiger partial charge is 0.161 e. The lowest BCUT2D eigenvalue weighted by molar-refractivity contribution is 0.233. The first-order valence-electron chi connectivity index (χ1n) is 19.3. The van der Waals surface area contributed by atoms with E-state index < -0.39 is 0 Å². The van der Waals surface area contributed by atoms with Gasteiger partial charge in [0.25, 0.3) is 0 Å². The molecule has 49 heavy (non-hydrogen) atoms. The van der Waals surface area contributed by atoms with Gasteiger partial charge in [-0.2, -0.15) is 0 Å². The molecule has 0 saturated carbocycles. The largest absolute Gasteiger partial charge is 0.490 e. The first-order valence-corrected chi connectivity index (χ1v) is 19.3. The molecule has 0 spiro atoms. The Kier molecular flexibility index (Phi) is 15.8. The third kappa shape index (κ3) is 10.2. The molecule has 0 N–H and O–H groups in total. The Hall–Kier alpha value is -3.54. The number of unbranched alkanes of at least 4 members (excludes halogenated alkanes) is 5. The van der Waals surface area contributed by atoms with E-state index in [4.69, 9.17) is 28.4 Å². The number of ether oxygens (including phenoxy) is 6. The maximum atomic E-state index is 6.53. The predicted octanol–water partition coefficient (Wildman–Crippen LogP) is 12.5. The van der Waals surface area contributed by atoms with E-state index >= 15 is 0 Å². The minimum absolute atomic E-state index is 0.433. The lowest BCUT2D eigenvalue weighted by Gasteiger charge is -2.21. The summed E-state index contributed by atoms with van der Waals surface area (Å²) >= 11 is 0. The van der Waals surface area contributed by atoms with Gasteiger partial charge in [-0.25, -0.2) is 0 Å². The fourth-order valence-corrected chi connectivity index (χ4v) is 5.68. The van der Waals surface area contributed by atoms with Crippen LogP contribution in [0.15, 0.2) is 36.4 Å². The van der Waals surface area contributed by atoms with Crippen molar-refractivity contribution in [3.63, 3.8) is 0 Å². The van der Waals surface area contributed by atoms with Crippen LogP contribution in [0.4, 0.5) is 0 Å². The zero-order valence-electron chi connectivity index (χ0n) is 31.5. The molecule has 0 aromatic heterocycles. The average Bonchev–Trinajstić information content (AvgIpc) is 3.11. The summed E-state index contributed by atoms with van der Waals surface area (Å²) in [5, 5.41) is 6.53. The summed E-state index contributed by atoms with van der Waals surface area (Å²) in [6.45, 7) is 19.2. The van der Waals surface area contributed by atoms with Crippen molar-refractivity contribution >= 4 is 32.3 Å². The lowest BCUT2D eigenvalue weighted by Crippen LogP contribution is -2.09. The van der Waals surface area contributed by atoms with Crippen molar-refractivity contribution in [1.82, 2.24) is 0 Å². The zero-order valence-corrected chi connectivity index (χ0v) is 31.5. The Bertz CT molecular complexity index is 1550. The summed E-state index contributed by atoms with van der Waals surface area (Å²) in [7, 11) is 0. The highest BCUT2D eigenvalue weighted by molar-refractivity contribution is 6.26. The molecule has 0 saturated heterocycles. The van der Waals surface area contributed by atoms with Crippen molar-refractivity contribution in [1.29, 1.82) is 0 Å². The molecule has 0 aliphatic carbocycles.